The average Bonchev–Trinajstić information content (AvgIpc) is 2.46. The van der Waals surface area contributed by atoms with Gasteiger partial charge in [-0.05, 0) is 41.4 Å². The van der Waals surface area contributed by atoms with Crippen molar-refractivity contribution in [3.63, 3.8) is 0 Å². The van der Waals surface area contributed by atoms with Gasteiger partial charge in [0, 0.05) is 18.9 Å². The number of hydrogen-bond acceptors (Lipinski definition) is 2. The Labute approximate surface area is 118 Å². The van der Waals surface area contributed by atoms with Crippen molar-refractivity contribution in [3.8, 4) is 0 Å². The molecule has 4 heteroatoms. The van der Waals surface area contributed by atoms with E-state index in [4.69, 9.17) is 18.0 Å². The van der Waals surface area contributed by atoms with Crippen LogP contribution < -0.4 is 5.73 Å². The van der Waals surface area contributed by atoms with Crippen molar-refractivity contribution in [1.82, 2.24) is 9.88 Å². The Kier molecular flexibility index (Phi) is 3.17. The van der Waals surface area contributed by atoms with Gasteiger partial charge in [-0.2, -0.15) is 0 Å². The third-order valence-electron chi connectivity index (χ3n) is 3.57. The Morgan fingerprint density at radius 1 is 1.26 bits per heavy atom. The number of aromatic nitrogens is 1. The summed E-state index contributed by atoms with van der Waals surface area (Å²) in [6.07, 6.45) is 4.64. The van der Waals surface area contributed by atoms with Gasteiger partial charge < -0.3 is 10.6 Å². The Morgan fingerprint density at radius 3 is 2.84 bits per heavy atom. The first-order valence-corrected chi connectivity index (χ1v) is 6.72. The van der Waals surface area contributed by atoms with Crippen LogP contribution in [0.3, 0.4) is 0 Å². The molecule has 1 atom stereocenters. The topological polar surface area (TPSA) is 42.1 Å². The highest BCUT2D eigenvalue weighted by Gasteiger charge is 2.29. The summed E-state index contributed by atoms with van der Waals surface area (Å²) in [7, 11) is 0. The number of fused-ring (bicyclic) bond motifs is 1. The van der Waals surface area contributed by atoms with Crippen LogP contribution in [0.2, 0.25) is 0 Å². The van der Waals surface area contributed by atoms with E-state index >= 15 is 0 Å². The van der Waals surface area contributed by atoms with Crippen LogP contribution in [0.5, 0.6) is 0 Å². The molecule has 3 nitrogen and oxygen atoms in total. The van der Waals surface area contributed by atoms with E-state index in [0.717, 1.165) is 18.5 Å². The number of hydrogen-bond donors (Lipinski definition) is 1. The van der Waals surface area contributed by atoms with E-state index in [0.29, 0.717) is 5.11 Å². The molecule has 1 unspecified atom stereocenters. The van der Waals surface area contributed by atoms with E-state index in [1.165, 1.54) is 11.1 Å². The van der Waals surface area contributed by atoms with Crippen LogP contribution in [-0.4, -0.2) is 21.5 Å². The monoisotopic (exact) mass is 269 g/mol. The molecule has 19 heavy (non-hydrogen) atoms. The highest BCUT2D eigenvalue weighted by molar-refractivity contribution is 7.80. The molecule has 0 aliphatic carbocycles. The van der Waals surface area contributed by atoms with Crippen LogP contribution in [0.4, 0.5) is 0 Å². The van der Waals surface area contributed by atoms with Crippen molar-refractivity contribution in [2.75, 3.05) is 6.54 Å². The van der Waals surface area contributed by atoms with Gasteiger partial charge in [0.15, 0.2) is 5.11 Å². The summed E-state index contributed by atoms with van der Waals surface area (Å²) in [6.45, 7) is 0.853. The molecule has 0 fully saturated rings. The Morgan fingerprint density at radius 2 is 2.11 bits per heavy atom. The molecule has 1 aliphatic heterocycles. The van der Waals surface area contributed by atoms with Crippen LogP contribution in [0.1, 0.15) is 22.7 Å². The summed E-state index contributed by atoms with van der Waals surface area (Å²) in [5.41, 5.74) is 9.65. The van der Waals surface area contributed by atoms with Gasteiger partial charge in [-0.1, -0.05) is 30.3 Å². The lowest BCUT2D eigenvalue weighted by Gasteiger charge is -2.38. The first kappa shape index (κ1) is 12.1. The minimum Gasteiger partial charge on any atom is -0.376 e. The van der Waals surface area contributed by atoms with Crippen molar-refractivity contribution in [2.45, 2.75) is 12.5 Å². The number of nitrogens with two attached hydrogens (primary N) is 1. The second-order valence-corrected chi connectivity index (χ2v) is 5.09. The molecule has 1 aliphatic rings. The molecule has 0 radical (unpaired) electrons. The Bertz CT molecular complexity index is 597. The van der Waals surface area contributed by atoms with Crippen LogP contribution in [0, 0.1) is 0 Å². The Balaban J connectivity index is 2.13. The van der Waals surface area contributed by atoms with Crippen molar-refractivity contribution in [3.05, 3.63) is 65.5 Å². The quantitative estimate of drug-likeness (QED) is 0.807. The largest absolute Gasteiger partial charge is 0.376 e. The maximum Gasteiger partial charge on any atom is 0.167 e. The van der Waals surface area contributed by atoms with Crippen molar-refractivity contribution < 1.29 is 0 Å². The zero-order valence-corrected chi connectivity index (χ0v) is 11.3. The molecule has 1 aromatic carbocycles. The molecule has 3 rings (SSSR count). The first-order valence-electron chi connectivity index (χ1n) is 6.31. The third kappa shape index (κ3) is 2.19. The number of pyridine rings is 1. The molecule has 96 valence electrons. The number of nitrogens with zero attached hydrogens (tertiary/aromatic N) is 2. The maximum atomic E-state index is 5.89. The number of rotatable bonds is 1. The molecule has 0 saturated heterocycles. The van der Waals surface area contributed by atoms with E-state index in [9.17, 15) is 0 Å². The predicted octanol–water partition coefficient (Wildman–Crippen LogP) is 2.27. The minimum absolute atomic E-state index is 0.0798. The maximum absolute atomic E-state index is 5.89. The van der Waals surface area contributed by atoms with E-state index in [1.807, 2.05) is 12.3 Å². The highest BCUT2D eigenvalue weighted by atomic mass is 32.1. The summed E-state index contributed by atoms with van der Waals surface area (Å²) in [6, 6.07) is 12.6. The van der Waals surface area contributed by atoms with Gasteiger partial charge in [-0.25, -0.2) is 0 Å². The van der Waals surface area contributed by atoms with E-state index < -0.39 is 0 Å². The molecule has 0 bridgehead atoms. The fourth-order valence-corrected chi connectivity index (χ4v) is 2.90. The van der Waals surface area contributed by atoms with Gasteiger partial charge in [0.2, 0.25) is 0 Å². The SMILES string of the molecule is NC(=S)N1CCc2ccccc2C1c1cccnc1. The van der Waals surface area contributed by atoms with Gasteiger partial charge in [-0.3, -0.25) is 4.98 Å². The van der Waals surface area contributed by atoms with Crippen molar-refractivity contribution in [1.29, 1.82) is 0 Å². The van der Waals surface area contributed by atoms with E-state index in [1.54, 1.807) is 6.20 Å². The molecule has 0 spiro atoms. The lowest BCUT2D eigenvalue weighted by molar-refractivity contribution is 0.340. The van der Waals surface area contributed by atoms with E-state index in [2.05, 4.69) is 40.2 Å². The minimum atomic E-state index is 0.0798. The predicted molar refractivity (Wildman–Crippen MR) is 79.7 cm³/mol. The molecule has 2 aromatic rings. The molecule has 1 aromatic heterocycles. The van der Waals surface area contributed by atoms with Crippen LogP contribution in [0.25, 0.3) is 0 Å². The van der Waals surface area contributed by atoms with Crippen LogP contribution in [-0.2, 0) is 6.42 Å². The number of thiocarbonyl (C=S) groups is 1. The summed E-state index contributed by atoms with van der Waals surface area (Å²) in [5.74, 6) is 0. The molecular formula is C15H15N3S. The molecule has 2 N–H and O–H groups in total. The molecule has 2 heterocycles. The van der Waals surface area contributed by atoms with Gasteiger partial charge in [0.05, 0.1) is 6.04 Å². The molecular weight excluding hydrogens is 254 g/mol. The highest BCUT2D eigenvalue weighted by Crippen LogP contribution is 2.34. The van der Waals surface area contributed by atoms with Crippen molar-refractivity contribution >= 4 is 17.3 Å². The standard InChI is InChI=1S/C15H15N3S/c16-15(19)18-9-7-11-4-1-2-6-13(11)14(18)12-5-3-8-17-10-12/h1-6,8,10,14H,7,9H2,(H2,16,19). The average molecular weight is 269 g/mol. The normalized spacial score (nSPS) is 17.9. The van der Waals surface area contributed by atoms with Gasteiger partial charge in [0.25, 0.3) is 0 Å². The van der Waals surface area contributed by atoms with E-state index in [-0.39, 0.29) is 6.04 Å². The summed E-state index contributed by atoms with van der Waals surface area (Å²) in [4.78, 5) is 6.29. The zero-order valence-electron chi connectivity index (χ0n) is 10.5. The number of benzene rings is 1. The Hall–Kier alpha value is -1.94. The third-order valence-corrected chi connectivity index (χ3v) is 3.80. The van der Waals surface area contributed by atoms with Gasteiger partial charge in [0.1, 0.15) is 0 Å². The lowest BCUT2D eigenvalue weighted by Crippen LogP contribution is -2.43. The molecule has 0 amide bonds. The fraction of sp³-hybridized carbons (Fsp3) is 0.200. The lowest BCUT2D eigenvalue weighted by atomic mass is 9.89. The second-order valence-electron chi connectivity index (χ2n) is 4.67. The van der Waals surface area contributed by atoms with Crippen LogP contribution in [0.15, 0.2) is 48.8 Å². The fourth-order valence-electron chi connectivity index (χ4n) is 2.70. The first-order chi connectivity index (χ1) is 9.27. The smallest absolute Gasteiger partial charge is 0.167 e. The second kappa shape index (κ2) is 4.97. The summed E-state index contributed by atoms with van der Waals surface area (Å²) >= 11 is 5.20. The zero-order chi connectivity index (χ0) is 13.2. The van der Waals surface area contributed by atoms with Gasteiger partial charge >= 0.3 is 0 Å². The van der Waals surface area contributed by atoms with Crippen LogP contribution >= 0.6 is 12.2 Å². The van der Waals surface area contributed by atoms with Crippen molar-refractivity contribution in [2.24, 2.45) is 5.73 Å². The summed E-state index contributed by atoms with van der Waals surface area (Å²) < 4.78 is 0. The molecule has 0 saturated carbocycles. The summed E-state index contributed by atoms with van der Waals surface area (Å²) in [5, 5.41) is 0.448. The van der Waals surface area contributed by atoms with Gasteiger partial charge in [-0.15, -0.1) is 0 Å².